The number of rotatable bonds is 38. The summed E-state index contributed by atoms with van der Waals surface area (Å²) in [5, 5.41) is 3.15. The quantitative estimate of drug-likeness (QED) is 0.0116. The summed E-state index contributed by atoms with van der Waals surface area (Å²) in [6.45, 7) is 14.3. The molecule has 0 aliphatic rings. The normalized spacial score (nSPS) is 10.7. The molecule has 6 rings (SSSR count). The van der Waals surface area contributed by atoms with Gasteiger partial charge >= 0.3 is 41.8 Å². The number of fused-ring (bicyclic) bond motifs is 2. The molecule has 0 heterocycles. The van der Waals surface area contributed by atoms with E-state index in [2.05, 4.69) is 19.7 Å². The van der Waals surface area contributed by atoms with Gasteiger partial charge in [0.15, 0.2) is 11.5 Å². The molecule has 17 nitrogen and oxygen atoms in total. The molecule has 0 radical (unpaired) electrons. The van der Waals surface area contributed by atoms with E-state index in [-0.39, 0.29) is 18.6 Å². The highest BCUT2D eigenvalue weighted by Crippen LogP contribution is 2.32. The van der Waals surface area contributed by atoms with Gasteiger partial charge in [-0.05, 0) is 196 Å². The molecular weight excluding hydrogens is 1090 g/mol. The molecule has 0 N–H and O–H groups in total. The van der Waals surface area contributed by atoms with Gasteiger partial charge in [0.25, 0.3) is 0 Å². The molecule has 17 heteroatoms. The molecule has 0 saturated carbocycles. The smallest absolute Gasteiger partial charge is 0.343 e. The Morgan fingerprint density at radius 1 is 0.365 bits per heavy atom. The van der Waals surface area contributed by atoms with Gasteiger partial charge in [0.05, 0.1) is 62.8 Å². The average Bonchev–Trinajstić information content (AvgIpc) is 3.69. The minimum Gasteiger partial charge on any atom is -0.494 e. The highest BCUT2D eigenvalue weighted by atomic mass is 16.6. The SMILES string of the molecule is C=CC(=O)OCCCCCCOc1ccc(C(=O)Oc2ccc3cc(C(=O)Oc4ccc(OC(=O)c5ccc6cc(OCCCCCCOC(=O)CCOC(=O)C=C)ccc6c5)cc4CCC)ccc3c2)cc1OCCCCCCOC(=O)C=C. The summed E-state index contributed by atoms with van der Waals surface area (Å²) >= 11 is 0. The van der Waals surface area contributed by atoms with E-state index in [1.165, 1.54) is 0 Å². The van der Waals surface area contributed by atoms with Crippen molar-refractivity contribution >= 4 is 63.3 Å². The molecule has 0 amide bonds. The maximum absolute atomic E-state index is 13.6. The summed E-state index contributed by atoms with van der Waals surface area (Å²) in [6, 6.07) is 31.0. The topological polar surface area (TPSA) is 212 Å². The summed E-state index contributed by atoms with van der Waals surface area (Å²) in [6.07, 6.45) is 14.2. The first-order chi connectivity index (χ1) is 41.3. The maximum atomic E-state index is 13.6. The largest absolute Gasteiger partial charge is 0.494 e. The molecule has 85 heavy (non-hydrogen) atoms. The van der Waals surface area contributed by atoms with E-state index < -0.39 is 41.8 Å². The summed E-state index contributed by atoms with van der Waals surface area (Å²) in [4.78, 5) is 86.1. The number of aryl methyl sites for hydroxylation is 1. The fourth-order valence-corrected chi connectivity index (χ4v) is 8.64. The van der Waals surface area contributed by atoms with E-state index >= 15 is 0 Å². The second kappa shape index (κ2) is 35.7. The van der Waals surface area contributed by atoms with Gasteiger partial charge in [0, 0.05) is 18.2 Å². The third kappa shape index (κ3) is 22.4. The average molecular weight is 1160 g/mol. The van der Waals surface area contributed by atoms with Crippen LogP contribution in [0.15, 0.2) is 147 Å². The minimum atomic E-state index is -0.608. The van der Waals surface area contributed by atoms with Crippen molar-refractivity contribution in [1.82, 2.24) is 0 Å². The summed E-state index contributed by atoms with van der Waals surface area (Å²) in [5.41, 5.74) is 1.60. The molecule has 0 atom stereocenters. The van der Waals surface area contributed by atoms with Crippen LogP contribution in [0.5, 0.6) is 34.5 Å². The summed E-state index contributed by atoms with van der Waals surface area (Å²) < 4.78 is 55.8. The van der Waals surface area contributed by atoms with Crippen LogP contribution in [0.2, 0.25) is 0 Å². The van der Waals surface area contributed by atoms with Crippen LogP contribution in [0.4, 0.5) is 0 Å². The Morgan fingerprint density at radius 3 is 1.32 bits per heavy atom. The number of ether oxygens (including phenoxy) is 10. The Balaban J connectivity index is 0.982. The second-order valence-electron chi connectivity index (χ2n) is 19.7. The Kier molecular flexibility index (Phi) is 27.2. The molecule has 0 spiro atoms. The predicted molar refractivity (Wildman–Crippen MR) is 321 cm³/mol. The molecule has 0 aliphatic carbocycles. The maximum Gasteiger partial charge on any atom is 0.343 e. The van der Waals surface area contributed by atoms with E-state index in [4.69, 9.17) is 47.4 Å². The van der Waals surface area contributed by atoms with Crippen molar-refractivity contribution in [3.63, 3.8) is 0 Å². The van der Waals surface area contributed by atoms with Crippen LogP contribution >= 0.6 is 0 Å². The van der Waals surface area contributed by atoms with Crippen LogP contribution in [0.1, 0.15) is 133 Å². The first-order valence-electron chi connectivity index (χ1n) is 28.8. The Morgan fingerprint density at radius 2 is 0.765 bits per heavy atom. The highest BCUT2D eigenvalue weighted by Gasteiger charge is 2.19. The number of unbranched alkanes of at least 4 members (excludes halogenated alkanes) is 9. The van der Waals surface area contributed by atoms with Crippen LogP contribution in [-0.4, -0.2) is 88.0 Å². The monoisotopic (exact) mass is 1160 g/mol. The van der Waals surface area contributed by atoms with Crippen LogP contribution < -0.4 is 28.4 Å². The Hall–Kier alpha value is -9.25. The number of hydrogen-bond acceptors (Lipinski definition) is 17. The first-order valence-corrected chi connectivity index (χ1v) is 28.8. The van der Waals surface area contributed by atoms with Crippen molar-refractivity contribution in [3.8, 4) is 34.5 Å². The molecule has 0 bridgehead atoms. The zero-order valence-electron chi connectivity index (χ0n) is 48.2. The van der Waals surface area contributed by atoms with Gasteiger partial charge in [-0.15, -0.1) is 0 Å². The van der Waals surface area contributed by atoms with Crippen molar-refractivity contribution in [3.05, 3.63) is 169 Å². The van der Waals surface area contributed by atoms with Gasteiger partial charge in [0.2, 0.25) is 0 Å². The van der Waals surface area contributed by atoms with Crippen molar-refractivity contribution < 1.29 is 80.9 Å². The predicted octanol–water partition coefficient (Wildman–Crippen LogP) is 13.5. The van der Waals surface area contributed by atoms with Gasteiger partial charge < -0.3 is 47.4 Å². The molecule has 0 aliphatic heterocycles. The van der Waals surface area contributed by atoms with Crippen molar-refractivity contribution in [1.29, 1.82) is 0 Å². The molecule has 6 aromatic carbocycles. The van der Waals surface area contributed by atoms with Crippen LogP contribution in [0, 0.1) is 0 Å². The number of benzene rings is 6. The molecule has 0 aromatic heterocycles. The van der Waals surface area contributed by atoms with E-state index in [1.54, 1.807) is 84.9 Å². The third-order valence-electron chi connectivity index (χ3n) is 13.2. The van der Waals surface area contributed by atoms with E-state index in [9.17, 15) is 33.6 Å². The zero-order valence-corrected chi connectivity index (χ0v) is 48.2. The van der Waals surface area contributed by atoms with E-state index in [1.807, 2.05) is 31.2 Å². The number of esters is 7. The molecule has 0 fully saturated rings. The number of carbonyl (C=O) groups is 7. The highest BCUT2D eigenvalue weighted by molar-refractivity contribution is 5.98. The standard InChI is InChI=1S/C68H74O17/c1-5-21-52-46-58(84-66(73)53-24-22-50-44-56(29-26-48(50)42-53)76-35-15-9-12-20-40-81-65(72)34-41-82-64(71)8-4)31-33-59(52)85-68(75)54-25-23-51-45-57(30-27-49(51)43-54)83-67(74)55-28-32-60(77-36-16-10-13-18-38-79-62(69)6-2)61(47-55)78-37-17-11-14-19-39-80-63(70)7-3/h6-8,22-33,42-47H,2-5,9-21,34-41H2,1H3. The second-order valence-corrected chi connectivity index (χ2v) is 19.7. The Bertz CT molecular complexity index is 3270. The molecular formula is C68H74O17. The van der Waals surface area contributed by atoms with Crippen LogP contribution in [-0.2, 0) is 44.5 Å². The number of carbonyl (C=O) groups excluding carboxylic acids is 7. The van der Waals surface area contributed by atoms with Gasteiger partial charge in [-0.25, -0.2) is 28.8 Å². The van der Waals surface area contributed by atoms with Crippen molar-refractivity contribution in [2.75, 3.05) is 46.2 Å². The van der Waals surface area contributed by atoms with E-state index in [0.29, 0.717) is 121 Å². The zero-order chi connectivity index (χ0) is 60.6. The van der Waals surface area contributed by atoms with Crippen molar-refractivity contribution in [2.45, 2.75) is 103 Å². The van der Waals surface area contributed by atoms with E-state index in [0.717, 1.165) is 99.6 Å². The lowest BCUT2D eigenvalue weighted by Crippen LogP contribution is -2.11. The molecule has 448 valence electrons. The lowest BCUT2D eigenvalue weighted by atomic mass is 10.1. The lowest BCUT2D eigenvalue weighted by molar-refractivity contribution is -0.147. The fraction of sp³-hybridized carbons (Fsp3) is 0.338. The first kappa shape index (κ1) is 64.9. The third-order valence-corrected chi connectivity index (χ3v) is 13.2. The van der Waals surface area contributed by atoms with Gasteiger partial charge in [0.1, 0.15) is 29.6 Å². The molecule has 0 saturated heterocycles. The fourth-order valence-electron chi connectivity index (χ4n) is 8.64. The van der Waals surface area contributed by atoms with Crippen LogP contribution in [0.3, 0.4) is 0 Å². The van der Waals surface area contributed by atoms with Gasteiger partial charge in [-0.2, -0.15) is 0 Å². The lowest BCUT2D eigenvalue weighted by Gasteiger charge is -2.14. The minimum absolute atomic E-state index is 0.00131. The molecule has 0 unspecified atom stereocenters. The van der Waals surface area contributed by atoms with Crippen molar-refractivity contribution in [2.24, 2.45) is 0 Å². The van der Waals surface area contributed by atoms with Gasteiger partial charge in [-0.1, -0.05) is 57.3 Å². The number of hydrogen-bond donors (Lipinski definition) is 0. The molecule has 6 aromatic rings. The summed E-state index contributed by atoms with van der Waals surface area (Å²) in [7, 11) is 0. The van der Waals surface area contributed by atoms with Gasteiger partial charge in [-0.3, -0.25) is 4.79 Å². The summed E-state index contributed by atoms with van der Waals surface area (Å²) in [5.74, 6) is -1.10. The Labute approximate surface area is 495 Å². The van der Waals surface area contributed by atoms with Crippen LogP contribution in [0.25, 0.3) is 21.5 Å².